The van der Waals surface area contributed by atoms with Gasteiger partial charge in [-0.05, 0) is 68.0 Å². The monoisotopic (exact) mass is 296 g/mol. The van der Waals surface area contributed by atoms with Crippen LogP contribution in [0.3, 0.4) is 0 Å². The highest BCUT2D eigenvalue weighted by molar-refractivity contribution is 5.39. The Hall–Kier alpha value is -2.22. The standard InChI is InChI=1S/C20H24O2/c1-15(2)4-10-18-11-7-17(14-20(18)22-3)6-5-16-8-12-19(21)13-9-16/h4,7-9,11-14,21H,5-6,10H2,1-3H3. The smallest absolute Gasteiger partial charge is 0.122 e. The maximum absolute atomic E-state index is 9.31. The van der Waals surface area contributed by atoms with Crippen LogP contribution in [0.25, 0.3) is 0 Å². The molecule has 22 heavy (non-hydrogen) atoms. The van der Waals surface area contributed by atoms with Crippen LogP contribution < -0.4 is 4.74 Å². The average Bonchev–Trinajstić information content (AvgIpc) is 2.52. The highest BCUT2D eigenvalue weighted by Crippen LogP contribution is 2.22. The predicted molar refractivity (Wildman–Crippen MR) is 91.6 cm³/mol. The maximum Gasteiger partial charge on any atom is 0.122 e. The predicted octanol–water partition coefficient (Wildman–Crippen LogP) is 4.69. The number of phenolic OH excluding ortho intramolecular Hbond substituents is 1. The molecule has 0 aliphatic rings. The minimum atomic E-state index is 0.314. The van der Waals surface area contributed by atoms with Crippen LogP contribution in [0, 0.1) is 0 Å². The molecule has 0 aromatic heterocycles. The molecule has 0 amide bonds. The summed E-state index contributed by atoms with van der Waals surface area (Å²) in [7, 11) is 1.73. The third kappa shape index (κ3) is 4.66. The van der Waals surface area contributed by atoms with Crippen LogP contribution in [-0.4, -0.2) is 12.2 Å². The van der Waals surface area contributed by atoms with Gasteiger partial charge in [0.2, 0.25) is 0 Å². The molecule has 0 bridgehead atoms. The first-order chi connectivity index (χ1) is 10.6. The second-order valence-electron chi connectivity index (χ2n) is 5.80. The topological polar surface area (TPSA) is 29.5 Å². The van der Waals surface area contributed by atoms with E-state index in [1.807, 2.05) is 12.1 Å². The van der Waals surface area contributed by atoms with E-state index in [2.05, 4.69) is 38.1 Å². The highest BCUT2D eigenvalue weighted by atomic mass is 16.5. The molecule has 0 heterocycles. The second kappa shape index (κ2) is 7.69. The van der Waals surface area contributed by atoms with E-state index in [-0.39, 0.29) is 0 Å². The van der Waals surface area contributed by atoms with Gasteiger partial charge in [0.15, 0.2) is 0 Å². The molecule has 0 saturated carbocycles. The van der Waals surface area contributed by atoms with Gasteiger partial charge in [-0.15, -0.1) is 0 Å². The lowest BCUT2D eigenvalue weighted by molar-refractivity contribution is 0.410. The minimum Gasteiger partial charge on any atom is -0.508 e. The van der Waals surface area contributed by atoms with Crippen molar-refractivity contribution in [1.82, 2.24) is 0 Å². The van der Waals surface area contributed by atoms with Gasteiger partial charge in [0.25, 0.3) is 0 Å². The third-order valence-corrected chi connectivity index (χ3v) is 3.72. The summed E-state index contributed by atoms with van der Waals surface area (Å²) in [6, 6.07) is 13.9. The van der Waals surface area contributed by atoms with Crippen molar-refractivity contribution in [3.63, 3.8) is 0 Å². The second-order valence-corrected chi connectivity index (χ2v) is 5.80. The number of benzene rings is 2. The van der Waals surface area contributed by atoms with Crippen LogP contribution in [0.1, 0.15) is 30.5 Å². The van der Waals surface area contributed by atoms with Crippen molar-refractivity contribution < 1.29 is 9.84 Å². The molecule has 0 saturated heterocycles. The first-order valence-electron chi connectivity index (χ1n) is 7.65. The van der Waals surface area contributed by atoms with Gasteiger partial charge >= 0.3 is 0 Å². The molecule has 0 spiro atoms. The molecule has 0 atom stereocenters. The van der Waals surface area contributed by atoms with Crippen LogP contribution in [0.2, 0.25) is 0 Å². The number of ether oxygens (including phenoxy) is 1. The molecule has 0 aliphatic heterocycles. The molecule has 0 fully saturated rings. The summed E-state index contributed by atoms with van der Waals surface area (Å²) >= 11 is 0. The normalized spacial score (nSPS) is 10.3. The largest absolute Gasteiger partial charge is 0.508 e. The Balaban J connectivity index is 2.05. The van der Waals surface area contributed by atoms with E-state index in [4.69, 9.17) is 4.74 Å². The van der Waals surface area contributed by atoms with E-state index >= 15 is 0 Å². The average molecular weight is 296 g/mol. The molecule has 1 N–H and O–H groups in total. The van der Waals surface area contributed by atoms with E-state index in [1.165, 1.54) is 22.3 Å². The van der Waals surface area contributed by atoms with Gasteiger partial charge in [-0.2, -0.15) is 0 Å². The van der Waals surface area contributed by atoms with E-state index < -0.39 is 0 Å². The van der Waals surface area contributed by atoms with Crippen molar-refractivity contribution in [1.29, 1.82) is 0 Å². The summed E-state index contributed by atoms with van der Waals surface area (Å²) in [6.07, 6.45) is 5.04. The third-order valence-electron chi connectivity index (χ3n) is 3.72. The Morgan fingerprint density at radius 3 is 2.27 bits per heavy atom. The Bertz CT molecular complexity index is 635. The fraction of sp³-hybridized carbons (Fsp3) is 0.300. The number of allylic oxidation sites excluding steroid dienone is 2. The van der Waals surface area contributed by atoms with Gasteiger partial charge in [-0.25, -0.2) is 0 Å². The SMILES string of the molecule is COc1cc(CCc2ccc(O)cc2)ccc1CC=C(C)C. The van der Waals surface area contributed by atoms with Crippen molar-refractivity contribution >= 4 is 0 Å². The van der Waals surface area contributed by atoms with Gasteiger partial charge in [0.1, 0.15) is 11.5 Å². The number of aromatic hydroxyl groups is 1. The number of aryl methyl sites for hydroxylation is 2. The van der Waals surface area contributed by atoms with Crippen molar-refractivity contribution in [3.8, 4) is 11.5 Å². The first-order valence-corrected chi connectivity index (χ1v) is 7.65. The van der Waals surface area contributed by atoms with Crippen LogP contribution in [0.15, 0.2) is 54.1 Å². The lowest BCUT2D eigenvalue weighted by Gasteiger charge is -2.10. The highest BCUT2D eigenvalue weighted by Gasteiger charge is 2.04. The molecule has 116 valence electrons. The zero-order chi connectivity index (χ0) is 15.9. The van der Waals surface area contributed by atoms with E-state index in [0.29, 0.717) is 5.75 Å². The molecular formula is C20H24O2. The number of phenols is 1. The molecule has 2 rings (SSSR count). The number of rotatable bonds is 6. The molecule has 2 heteroatoms. The molecule has 2 aromatic rings. The van der Waals surface area contributed by atoms with Crippen LogP contribution >= 0.6 is 0 Å². The summed E-state index contributed by atoms with van der Waals surface area (Å²) in [6.45, 7) is 4.22. The lowest BCUT2D eigenvalue weighted by Crippen LogP contribution is -1.96. The minimum absolute atomic E-state index is 0.314. The summed E-state index contributed by atoms with van der Waals surface area (Å²) in [4.78, 5) is 0. The molecule has 0 unspecified atom stereocenters. The zero-order valence-electron chi connectivity index (χ0n) is 13.6. The van der Waals surface area contributed by atoms with Crippen LogP contribution in [-0.2, 0) is 19.3 Å². The Morgan fingerprint density at radius 1 is 1.00 bits per heavy atom. The fourth-order valence-corrected chi connectivity index (χ4v) is 2.38. The zero-order valence-corrected chi connectivity index (χ0v) is 13.6. The molecule has 2 nitrogen and oxygen atoms in total. The van der Waals surface area contributed by atoms with E-state index in [0.717, 1.165) is 25.0 Å². The summed E-state index contributed by atoms with van der Waals surface area (Å²) in [5.74, 6) is 1.27. The van der Waals surface area contributed by atoms with Crippen molar-refractivity contribution in [2.24, 2.45) is 0 Å². The van der Waals surface area contributed by atoms with Crippen molar-refractivity contribution in [3.05, 3.63) is 70.8 Å². The van der Waals surface area contributed by atoms with Gasteiger partial charge < -0.3 is 9.84 Å². The number of hydrogen-bond donors (Lipinski definition) is 1. The summed E-state index contributed by atoms with van der Waals surface area (Å²) in [5, 5.41) is 9.31. The number of methoxy groups -OCH3 is 1. The van der Waals surface area contributed by atoms with Crippen molar-refractivity contribution in [2.45, 2.75) is 33.1 Å². The Labute approximate surface area is 133 Å². The van der Waals surface area contributed by atoms with Gasteiger partial charge in [-0.3, -0.25) is 0 Å². The van der Waals surface area contributed by atoms with Gasteiger partial charge in [0, 0.05) is 0 Å². The molecular weight excluding hydrogens is 272 g/mol. The lowest BCUT2D eigenvalue weighted by atomic mass is 10.0. The molecule has 0 aliphatic carbocycles. The van der Waals surface area contributed by atoms with Gasteiger partial charge in [0.05, 0.1) is 7.11 Å². The Kier molecular flexibility index (Phi) is 5.65. The first kappa shape index (κ1) is 16.2. The maximum atomic E-state index is 9.31. The fourth-order valence-electron chi connectivity index (χ4n) is 2.38. The van der Waals surface area contributed by atoms with Crippen LogP contribution in [0.4, 0.5) is 0 Å². The van der Waals surface area contributed by atoms with Crippen LogP contribution in [0.5, 0.6) is 11.5 Å². The van der Waals surface area contributed by atoms with E-state index in [9.17, 15) is 5.11 Å². The quantitative estimate of drug-likeness (QED) is 0.783. The van der Waals surface area contributed by atoms with Gasteiger partial charge in [-0.1, -0.05) is 35.9 Å². The molecule has 2 aromatic carbocycles. The Morgan fingerprint density at radius 2 is 1.64 bits per heavy atom. The summed E-state index contributed by atoms with van der Waals surface area (Å²) < 4.78 is 5.52. The number of hydrogen-bond acceptors (Lipinski definition) is 2. The summed E-state index contributed by atoms with van der Waals surface area (Å²) in [5.41, 5.74) is 5.03. The van der Waals surface area contributed by atoms with E-state index in [1.54, 1.807) is 19.2 Å². The molecule has 0 radical (unpaired) electrons. The van der Waals surface area contributed by atoms with Crippen molar-refractivity contribution in [2.75, 3.05) is 7.11 Å².